The molecule has 1 aliphatic carbocycles. The molecule has 7 nitrogen and oxygen atoms in total. The third kappa shape index (κ3) is 2.60. The lowest BCUT2D eigenvalue weighted by molar-refractivity contribution is -0.121. The highest BCUT2D eigenvalue weighted by Crippen LogP contribution is 2.53. The van der Waals surface area contributed by atoms with Crippen LogP contribution in [0.25, 0.3) is 11.3 Å². The molecule has 0 radical (unpaired) electrons. The van der Waals surface area contributed by atoms with Crippen molar-refractivity contribution in [1.82, 2.24) is 20.4 Å². The molecule has 1 fully saturated rings. The van der Waals surface area contributed by atoms with E-state index in [0.29, 0.717) is 0 Å². The van der Waals surface area contributed by atoms with Crippen LogP contribution in [0.2, 0.25) is 0 Å². The first-order valence-electron chi connectivity index (χ1n) is 11.6. The standard InChI is InChI=1S/C25H28N6O/c1-3-25(17-8-6-7-16(13-17)20-9-12-27-31(20)2)18-15-26-30-22(18)28-19-14-24(10-4-5-11-24)29-23(32)21(19)25/h6-9,12-13,15,22,28H,3-5,10-11,14H2,1-2H3,(H,29,32)/t22?,25-/m0/s1. The third-order valence-electron chi connectivity index (χ3n) is 7.89. The van der Waals surface area contributed by atoms with Crippen molar-refractivity contribution in [2.75, 3.05) is 0 Å². The molecule has 4 heterocycles. The summed E-state index contributed by atoms with van der Waals surface area (Å²) in [4.78, 5) is 13.8. The lowest BCUT2D eigenvalue weighted by Crippen LogP contribution is -2.59. The largest absolute Gasteiger partial charge is 0.362 e. The number of aryl methyl sites for hydroxylation is 1. The molecule has 164 valence electrons. The Morgan fingerprint density at radius 3 is 2.81 bits per heavy atom. The summed E-state index contributed by atoms with van der Waals surface area (Å²) >= 11 is 0. The number of amides is 1. The van der Waals surface area contributed by atoms with Crippen molar-refractivity contribution in [3.63, 3.8) is 0 Å². The van der Waals surface area contributed by atoms with Crippen LogP contribution < -0.4 is 10.6 Å². The molecule has 2 aromatic rings. The highest BCUT2D eigenvalue weighted by molar-refractivity contribution is 6.00. The summed E-state index contributed by atoms with van der Waals surface area (Å²) in [7, 11) is 1.95. The lowest BCUT2D eigenvalue weighted by atomic mass is 9.61. The van der Waals surface area contributed by atoms with E-state index < -0.39 is 5.41 Å². The number of hydrogen-bond donors (Lipinski definition) is 2. The Labute approximate surface area is 187 Å². The summed E-state index contributed by atoms with van der Waals surface area (Å²) < 4.78 is 1.88. The Hall–Kier alpha value is -3.22. The first-order valence-corrected chi connectivity index (χ1v) is 11.6. The maximum atomic E-state index is 13.8. The number of benzene rings is 1. The van der Waals surface area contributed by atoms with Gasteiger partial charge in [0, 0.05) is 42.0 Å². The molecule has 1 spiro atoms. The van der Waals surface area contributed by atoms with Gasteiger partial charge < -0.3 is 10.6 Å². The molecule has 1 aromatic carbocycles. The molecule has 6 rings (SSSR count). The Morgan fingerprint density at radius 2 is 2.06 bits per heavy atom. The first kappa shape index (κ1) is 19.5. The minimum Gasteiger partial charge on any atom is -0.362 e. The van der Waals surface area contributed by atoms with E-state index in [1.54, 1.807) is 0 Å². The van der Waals surface area contributed by atoms with Crippen LogP contribution in [0.5, 0.6) is 0 Å². The number of rotatable bonds is 3. The number of fused-ring (bicyclic) bond motifs is 1. The summed E-state index contributed by atoms with van der Waals surface area (Å²) in [5.74, 6) is 0.0553. The summed E-state index contributed by atoms with van der Waals surface area (Å²) in [6, 6.07) is 10.5. The lowest BCUT2D eigenvalue weighted by Gasteiger charge is -2.49. The highest BCUT2D eigenvalue weighted by Gasteiger charge is 2.54. The minimum absolute atomic E-state index is 0.0553. The predicted molar refractivity (Wildman–Crippen MR) is 121 cm³/mol. The molecular weight excluding hydrogens is 400 g/mol. The van der Waals surface area contributed by atoms with E-state index in [4.69, 9.17) is 0 Å². The van der Waals surface area contributed by atoms with Crippen LogP contribution in [0.1, 0.15) is 51.0 Å². The van der Waals surface area contributed by atoms with Crippen molar-refractivity contribution < 1.29 is 4.79 Å². The molecule has 1 saturated carbocycles. The Bertz CT molecular complexity index is 1200. The van der Waals surface area contributed by atoms with Gasteiger partial charge in [0.05, 0.1) is 22.9 Å². The monoisotopic (exact) mass is 428 g/mol. The maximum absolute atomic E-state index is 13.8. The number of carbonyl (C=O) groups excluding carboxylic acids is 1. The quantitative estimate of drug-likeness (QED) is 0.772. The van der Waals surface area contributed by atoms with E-state index in [9.17, 15) is 4.79 Å². The van der Waals surface area contributed by atoms with Crippen LogP contribution in [0.4, 0.5) is 0 Å². The molecule has 1 amide bonds. The van der Waals surface area contributed by atoms with Crippen molar-refractivity contribution in [1.29, 1.82) is 0 Å². The fourth-order valence-corrected chi connectivity index (χ4v) is 6.39. The Kier molecular flexibility index (Phi) is 4.19. The number of nitrogens with zero attached hydrogens (tertiary/aromatic N) is 4. The first-order chi connectivity index (χ1) is 15.6. The van der Waals surface area contributed by atoms with Crippen LogP contribution in [0.3, 0.4) is 0 Å². The number of hydrogen-bond acceptors (Lipinski definition) is 5. The zero-order valence-electron chi connectivity index (χ0n) is 18.6. The number of aromatic nitrogens is 2. The van der Waals surface area contributed by atoms with E-state index in [-0.39, 0.29) is 17.6 Å². The maximum Gasteiger partial charge on any atom is 0.250 e. The van der Waals surface area contributed by atoms with Crippen LogP contribution in [0, 0.1) is 0 Å². The number of carbonyl (C=O) groups is 1. The van der Waals surface area contributed by atoms with Gasteiger partial charge in [-0.15, -0.1) is 0 Å². The topological polar surface area (TPSA) is 83.7 Å². The molecule has 0 bridgehead atoms. The van der Waals surface area contributed by atoms with Gasteiger partial charge in [-0.3, -0.25) is 9.48 Å². The van der Waals surface area contributed by atoms with E-state index in [2.05, 4.69) is 57.1 Å². The summed E-state index contributed by atoms with van der Waals surface area (Å²) in [6.45, 7) is 2.16. The molecule has 32 heavy (non-hydrogen) atoms. The average molecular weight is 429 g/mol. The van der Waals surface area contributed by atoms with Gasteiger partial charge >= 0.3 is 0 Å². The van der Waals surface area contributed by atoms with Crippen molar-refractivity contribution in [3.8, 4) is 11.3 Å². The Balaban J connectivity index is 1.55. The summed E-state index contributed by atoms with van der Waals surface area (Å²) in [5, 5.41) is 20.1. The third-order valence-corrected chi connectivity index (χ3v) is 7.89. The van der Waals surface area contributed by atoms with Crippen LogP contribution in [-0.4, -0.2) is 27.4 Å². The SMILES string of the molecule is CC[C@]1(c2cccc(-c3ccnn3C)c2)C2=CN=NC2NC2=C1C(=O)NC1(CCCC1)C2. The second-order valence-electron chi connectivity index (χ2n) is 9.51. The predicted octanol–water partition coefficient (Wildman–Crippen LogP) is 4.10. The average Bonchev–Trinajstić information content (AvgIpc) is 3.54. The van der Waals surface area contributed by atoms with Gasteiger partial charge in [0.2, 0.25) is 0 Å². The molecule has 4 aliphatic rings. The van der Waals surface area contributed by atoms with Gasteiger partial charge in [-0.05, 0) is 37.0 Å². The second-order valence-corrected chi connectivity index (χ2v) is 9.51. The fraction of sp³-hybridized carbons (Fsp3) is 0.440. The normalized spacial score (nSPS) is 27.8. The van der Waals surface area contributed by atoms with Crippen molar-refractivity contribution in [2.24, 2.45) is 17.3 Å². The van der Waals surface area contributed by atoms with E-state index in [1.807, 2.05) is 30.2 Å². The minimum atomic E-state index is -0.562. The molecular formula is C25H28N6O. The molecule has 2 N–H and O–H groups in total. The Morgan fingerprint density at radius 1 is 1.22 bits per heavy atom. The summed E-state index contributed by atoms with van der Waals surface area (Å²) in [6.07, 6.45) is 9.49. The fourth-order valence-electron chi connectivity index (χ4n) is 6.39. The molecule has 7 heteroatoms. The highest BCUT2D eigenvalue weighted by atomic mass is 16.2. The van der Waals surface area contributed by atoms with Gasteiger partial charge in [0.1, 0.15) is 0 Å². The van der Waals surface area contributed by atoms with E-state index >= 15 is 0 Å². The van der Waals surface area contributed by atoms with Crippen LogP contribution in [0.15, 0.2) is 69.8 Å². The molecule has 0 saturated heterocycles. The zero-order valence-corrected chi connectivity index (χ0v) is 18.6. The van der Waals surface area contributed by atoms with Crippen molar-refractivity contribution in [3.05, 3.63) is 65.1 Å². The van der Waals surface area contributed by atoms with Gasteiger partial charge in [0.15, 0.2) is 6.17 Å². The number of nitrogens with one attached hydrogen (secondary N) is 2. The zero-order chi connectivity index (χ0) is 21.9. The van der Waals surface area contributed by atoms with Gasteiger partial charge in [-0.1, -0.05) is 38.0 Å². The smallest absolute Gasteiger partial charge is 0.250 e. The van der Waals surface area contributed by atoms with Crippen molar-refractivity contribution >= 4 is 5.91 Å². The van der Waals surface area contributed by atoms with Crippen LogP contribution in [-0.2, 0) is 17.3 Å². The second kappa shape index (κ2) is 6.89. The molecule has 2 atom stereocenters. The molecule has 3 aliphatic heterocycles. The van der Waals surface area contributed by atoms with E-state index in [1.165, 1.54) is 12.8 Å². The molecule has 1 unspecified atom stereocenters. The van der Waals surface area contributed by atoms with Crippen molar-refractivity contribution in [2.45, 2.75) is 62.6 Å². The molecule has 1 aromatic heterocycles. The van der Waals surface area contributed by atoms with Gasteiger partial charge in [-0.2, -0.15) is 15.3 Å². The van der Waals surface area contributed by atoms with Gasteiger partial charge in [0.25, 0.3) is 5.91 Å². The van der Waals surface area contributed by atoms with Gasteiger partial charge in [-0.25, -0.2) is 0 Å². The van der Waals surface area contributed by atoms with E-state index in [0.717, 1.165) is 59.3 Å². The summed E-state index contributed by atoms with van der Waals surface area (Å²) in [5.41, 5.74) is 5.51. The van der Waals surface area contributed by atoms with Crippen LogP contribution >= 0.6 is 0 Å². The number of azo groups is 1.